The Morgan fingerprint density at radius 2 is 1.22 bits per heavy atom. The molecule has 0 amide bonds. The Balaban J connectivity index is 0.000000345. The normalized spacial score (nSPS) is 10.0. The highest BCUT2D eigenvalue weighted by molar-refractivity contribution is 5.12. The number of aryl methyl sites for hydroxylation is 1. The van der Waals surface area contributed by atoms with Gasteiger partial charge in [-0.05, 0) is 48.9 Å². The number of aromatic nitrogens is 2. The van der Waals surface area contributed by atoms with Crippen LogP contribution < -0.4 is 0 Å². The van der Waals surface area contributed by atoms with E-state index in [4.69, 9.17) is 0 Å². The van der Waals surface area contributed by atoms with Gasteiger partial charge in [-0.3, -0.25) is 9.97 Å². The quantitative estimate of drug-likeness (QED) is 0.642. The lowest BCUT2D eigenvalue weighted by Crippen LogP contribution is -1.92. The molecule has 0 saturated heterocycles. The fourth-order valence-electron chi connectivity index (χ4n) is 1.60. The monoisotopic (exact) mass is 314 g/mol. The van der Waals surface area contributed by atoms with Crippen molar-refractivity contribution in [2.24, 2.45) is 5.92 Å². The summed E-state index contributed by atoms with van der Waals surface area (Å²) in [5, 5.41) is 0. The summed E-state index contributed by atoms with van der Waals surface area (Å²) in [6.07, 6.45) is 1.83. The summed E-state index contributed by atoms with van der Waals surface area (Å²) < 4.78 is 0. The van der Waals surface area contributed by atoms with Crippen molar-refractivity contribution in [3.63, 3.8) is 0 Å². The second kappa shape index (κ2) is 11.8. The Bertz CT molecular complexity index is 514. The molecule has 0 atom stereocenters. The minimum absolute atomic E-state index is 0.542. The van der Waals surface area contributed by atoms with Crippen molar-refractivity contribution in [1.82, 2.24) is 9.97 Å². The molecule has 2 heteroatoms. The van der Waals surface area contributed by atoms with Gasteiger partial charge in [0.15, 0.2) is 0 Å². The highest BCUT2D eigenvalue weighted by Crippen LogP contribution is 2.10. The molecule has 0 aliphatic carbocycles. The third-order valence-electron chi connectivity index (χ3n) is 2.78. The molecular weight excluding hydrogens is 280 g/mol. The van der Waals surface area contributed by atoms with E-state index in [1.165, 1.54) is 5.69 Å². The fraction of sp³-hybridized carbons (Fsp3) is 0.524. The summed E-state index contributed by atoms with van der Waals surface area (Å²) in [5.74, 6) is 1.92. The van der Waals surface area contributed by atoms with E-state index in [1.54, 1.807) is 0 Å². The number of rotatable bonds is 2. The molecule has 23 heavy (non-hydrogen) atoms. The second-order valence-corrected chi connectivity index (χ2v) is 7.00. The Morgan fingerprint density at radius 1 is 0.696 bits per heavy atom. The summed E-state index contributed by atoms with van der Waals surface area (Å²) in [5.41, 5.74) is 3.45. The first-order chi connectivity index (χ1) is 10.7. The van der Waals surface area contributed by atoms with Gasteiger partial charge in [-0.2, -0.15) is 0 Å². The Hall–Kier alpha value is -1.70. The molecule has 0 spiro atoms. The maximum absolute atomic E-state index is 4.37. The van der Waals surface area contributed by atoms with Crippen LogP contribution in [0.25, 0.3) is 0 Å². The van der Waals surface area contributed by atoms with Crippen molar-refractivity contribution in [2.75, 3.05) is 0 Å². The molecule has 2 heterocycles. The Labute approximate surface area is 143 Å². The molecule has 128 valence electrons. The number of hydrogen-bond acceptors (Lipinski definition) is 2. The molecule has 0 fully saturated rings. The first-order valence-corrected chi connectivity index (χ1v) is 8.58. The van der Waals surface area contributed by atoms with Gasteiger partial charge < -0.3 is 0 Å². The summed E-state index contributed by atoms with van der Waals surface area (Å²) >= 11 is 0. The van der Waals surface area contributed by atoms with Crippen LogP contribution in [0.1, 0.15) is 77.4 Å². The van der Waals surface area contributed by atoms with E-state index in [0.29, 0.717) is 11.8 Å². The molecule has 2 aromatic heterocycles. The minimum atomic E-state index is 0.542. The maximum atomic E-state index is 4.37. The summed E-state index contributed by atoms with van der Waals surface area (Å²) in [4.78, 5) is 8.55. The van der Waals surface area contributed by atoms with Crippen LogP contribution in [0.3, 0.4) is 0 Å². The molecule has 0 aromatic carbocycles. The van der Waals surface area contributed by atoms with Crippen LogP contribution in [0.2, 0.25) is 0 Å². The minimum Gasteiger partial charge on any atom is -0.261 e. The lowest BCUT2D eigenvalue weighted by Gasteiger charge is -2.03. The van der Waals surface area contributed by atoms with Crippen molar-refractivity contribution < 1.29 is 0 Å². The van der Waals surface area contributed by atoms with Crippen LogP contribution in [0.15, 0.2) is 42.6 Å². The van der Waals surface area contributed by atoms with E-state index in [9.17, 15) is 0 Å². The topological polar surface area (TPSA) is 25.8 Å². The molecule has 0 saturated carbocycles. The van der Waals surface area contributed by atoms with Crippen LogP contribution in [-0.4, -0.2) is 9.97 Å². The summed E-state index contributed by atoms with van der Waals surface area (Å²) in [6.45, 7) is 17.1. The van der Waals surface area contributed by atoms with Gasteiger partial charge in [0.1, 0.15) is 0 Å². The van der Waals surface area contributed by atoms with Crippen molar-refractivity contribution in [1.29, 1.82) is 0 Å². The number of hydrogen-bond donors (Lipinski definition) is 0. The highest BCUT2D eigenvalue weighted by Gasteiger charge is 1.98. The van der Waals surface area contributed by atoms with Gasteiger partial charge in [-0.25, -0.2) is 0 Å². The predicted octanol–water partition coefficient (Wildman–Crippen LogP) is 6.38. The molecule has 0 aliphatic rings. The zero-order chi connectivity index (χ0) is 17.8. The molecule has 2 rings (SSSR count). The van der Waals surface area contributed by atoms with Crippen molar-refractivity contribution >= 4 is 0 Å². The largest absolute Gasteiger partial charge is 0.261 e. The number of pyridine rings is 2. The van der Waals surface area contributed by atoms with Gasteiger partial charge in [0.05, 0.1) is 0 Å². The highest BCUT2D eigenvalue weighted by atomic mass is 14.7. The van der Waals surface area contributed by atoms with E-state index in [0.717, 1.165) is 17.3 Å². The molecular formula is C21H34N2. The predicted molar refractivity (Wildman–Crippen MR) is 102 cm³/mol. The zero-order valence-electron chi connectivity index (χ0n) is 16.2. The molecule has 2 aromatic rings. The third-order valence-corrected chi connectivity index (χ3v) is 2.78. The average molecular weight is 315 g/mol. The third kappa shape index (κ3) is 11.5. The van der Waals surface area contributed by atoms with Crippen LogP contribution in [0.5, 0.6) is 0 Å². The Kier molecular flexibility index (Phi) is 10.9. The summed E-state index contributed by atoms with van der Waals surface area (Å²) in [6, 6.07) is 12.1. The van der Waals surface area contributed by atoms with Gasteiger partial charge >= 0.3 is 0 Å². The Morgan fingerprint density at radius 3 is 1.52 bits per heavy atom. The summed E-state index contributed by atoms with van der Waals surface area (Å²) in [7, 11) is 0. The first kappa shape index (κ1) is 21.3. The van der Waals surface area contributed by atoms with Gasteiger partial charge in [-0.15, -0.1) is 0 Å². The van der Waals surface area contributed by atoms with Gasteiger partial charge in [0.2, 0.25) is 0 Å². The lowest BCUT2D eigenvalue weighted by atomic mass is 10.1. The van der Waals surface area contributed by atoms with Gasteiger partial charge in [0, 0.05) is 23.3 Å². The van der Waals surface area contributed by atoms with Crippen LogP contribution in [0, 0.1) is 12.8 Å². The van der Waals surface area contributed by atoms with Crippen molar-refractivity contribution in [3.8, 4) is 0 Å². The SMILES string of the molecule is CC(C)C.CC(C)c1ccccn1.Cc1cccc(C(C)C)n1. The van der Waals surface area contributed by atoms with E-state index >= 15 is 0 Å². The standard InChI is InChI=1S/C9H13N.C8H11N.C4H10/c1-7(2)9-6-4-5-8(3)10-9;1-7(2)8-5-3-4-6-9-8;1-4(2)3/h4-7H,1-3H3;3-7H,1-2H3;4H,1-3H3. The molecule has 0 unspecified atom stereocenters. The molecule has 0 N–H and O–H groups in total. The lowest BCUT2D eigenvalue weighted by molar-refractivity contribution is 0.737. The maximum Gasteiger partial charge on any atom is 0.0432 e. The van der Waals surface area contributed by atoms with Crippen LogP contribution in [-0.2, 0) is 0 Å². The van der Waals surface area contributed by atoms with Gasteiger partial charge in [0.25, 0.3) is 0 Å². The van der Waals surface area contributed by atoms with E-state index in [-0.39, 0.29) is 0 Å². The van der Waals surface area contributed by atoms with Crippen molar-refractivity contribution in [3.05, 3.63) is 59.7 Å². The van der Waals surface area contributed by atoms with Crippen LogP contribution >= 0.6 is 0 Å². The second-order valence-electron chi connectivity index (χ2n) is 7.00. The fourth-order valence-corrected chi connectivity index (χ4v) is 1.60. The van der Waals surface area contributed by atoms with E-state index < -0.39 is 0 Å². The van der Waals surface area contributed by atoms with Crippen molar-refractivity contribution in [2.45, 2.75) is 67.2 Å². The van der Waals surface area contributed by atoms with E-state index in [2.05, 4.69) is 70.6 Å². The average Bonchev–Trinajstić information content (AvgIpc) is 2.48. The van der Waals surface area contributed by atoms with E-state index in [1.807, 2.05) is 37.4 Å². The molecule has 2 nitrogen and oxygen atoms in total. The zero-order valence-corrected chi connectivity index (χ0v) is 16.2. The molecule has 0 bridgehead atoms. The number of nitrogens with zero attached hydrogens (tertiary/aromatic N) is 2. The molecule has 0 aliphatic heterocycles. The first-order valence-electron chi connectivity index (χ1n) is 8.58. The smallest absolute Gasteiger partial charge is 0.0432 e. The van der Waals surface area contributed by atoms with Crippen LogP contribution in [0.4, 0.5) is 0 Å². The van der Waals surface area contributed by atoms with Gasteiger partial charge in [-0.1, -0.05) is 60.6 Å². The molecule has 0 radical (unpaired) electrons.